The third-order valence-electron chi connectivity index (χ3n) is 9.55. The highest BCUT2D eigenvalue weighted by Crippen LogP contribution is 2.41. The summed E-state index contributed by atoms with van der Waals surface area (Å²) < 4.78 is 3.80. The zero-order chi connectivity index (χ0) is 31.7. The van der Waals surface area contributed by atoms with Gasteiger partial charge in [0.1, 0.15) is 0 Å². The Bertz CT molecular complexity index is 1790. The lowest BCUT2D eigenvalue weighted by atomic mass is 9.68. The Morgan fingerprint density at radius 1 is 1.00 bits per heavy atom. The second-order valence-corrected chi connectivity index (χ2v) is 12.8. The van der Waals surface area contributed by atoms with Crippen LogP contribution in [0.1, 0.15) is 42.9 Å². The molecule has 2 aliphatic heterocycles. The maximum absolute atomic E-state index is 12.0. The number of anilines is 3. The van der Waals surface area contributed by atoms with Gasteiger partial charge < -0.3 is 20.4 Å². The van der Waals surface area contributed by atoms with Gasteiger partial charge in [-0.15, -0.1) is 5.10 Å². The molecule has 5 heterocycles. The summed E-state index contributed by atoms with van der Waals surface area (Å²) in [5, 5.41) is 33.8. The number of nitrogens with zero attached hydrogens (tertiary/aromatic N) is 7. The Balaban J connectivity index is 1.02. The number of aliphatic hydroxyl groups excluding tert-OH is 1. The maximum Gasteiger partial charge on any atom is 0.333 e. The molecule has 238 valence electrons. The van der Waals surface area contributed by atoms with Crippen LogP contribution in [-0.4, -0.2) is 77.7 Å². The zero-order valence-electron chi connectivity index (χ0n) is 25.4. The molecule has 0 saturated carbocycles. The molecule has 3 N–H and O–H groups in total. The summed E-state index contributed by atoms with van der Waals surface area (Å²) in [4.78, 5) is 21.5. The Morgan fingerprint density at radius 2 is 1.74 bits per heavy atom. The number of aromatic nitrogens is 5. The summed E-state index contributed by atoms with van der Waals surface area (Å²) in [5.74, 6) is -0.756. The molecule has 1 unspecified atom stereocenters. The highest BCUT2D eigenvalue weighted by molar-refractivity contribution is 6.30. The molecule has 1 atom stereocenters. The van der Waals surface area contributed by atoms with E-state index in [0.29, 0.717) is 48.6 Å². The molecule has 5 aromatic rings. The molecular weight excluding hydrogens is 604 g/mol. The van der Waals surface area contributed by atoms with Gasteiger partial charge in [0.25, 0.3) is 0 Å². The fourth-order valence-electron chi connectivity index (χ4n) is 6.99. The van der Waals surface area contributed by atoms with E-state index in [1.165, 1.54) is 5.56 Å². The first kappa shape index (κ1) is 30.2. The Kier molecular flexibility index (Phi) is 8.37. The van der Waals surface area contributed by atoms with Crippen molar-refractivity contribution in [2.24, 2.45) is 0 Å². The van der Waals surface area contributed by atoms with Crippen LogP contribution in [-0.2, 0) is 16.8 Å². The number of fused-ring (bicyclic) bond motifs is 1. The van der Waals surface area contributed by atoms with Crippen LogP contribution in [0, 0.1) is 0 Å². The average Bonchev–Trinajstić information content (AvgIpc) is 3.72. The average molecular weight is 641 g/mol. The first-order valence-electron chi connectivity index (χ1n) is 15.7. The van der Waals surface area contributed by atoms with Gasteiger partial charge in [-0.3, -0.25) is 9.58 Å². The number of carbonyl (C=O) groups is 1. The highest BCUT2D eigenvalue weighted by Gasteiger charge is 2.46. The van der Waals surface area contributed by atoms with Crippen molar-refractivity contribution in [3.05, 3.63) is 101 Å². The predicted molar refractivity (Wildman–Crippen MR) is 177 cm³/mol. The van der Waals surface area contributed by atoms with Crippen LogP contribution in [0.3, 0.4) is 0 Å². The molecule has 2 saturated heterocycles. The standard InChI is InChI=1S/C34H37ClN8O3/c35-26-10-8-25(9-11-26)34(30(44)32(45)46)14-19-41(20-15-34)29-7-4-16-42-31(29)38-33(39-42)37-27-21-36-43(23-27)28-12-17-40(18-13-28)22-24-5-2-1-3-6-24/h1-11,16,21,23,28,30,44H,12-15,17-20,22H2,(H,37,39)(H,45,46). The number of aliphatic carboxylic acids is 1. The van der Waals surface area contributed by atoms with Gasteiger partial charge in [0.15, 0.2) is 11.8 Å². The summed E-state index contributed by atoms with van der Waals surface area (Å²) >= 11 is 6.10. The summed E-state index contributed by atoms with van der Waals surface area (Å²) in [7, 11) is 0. The van der Waals surface area contributed by atoms with Crippen LogP contribution < -0.4 is 10.2 Å². The van der Waals surface area contributed by atoms with Crippen molar-refractivity contribution in [1.29, 1.82) is 0 Å². The van der Waals surface area contributed by atoms with E-state index in [1.807, 2.05) is 42.9 Å². The number of pyridine rings is 1. The number of benzene rings is 2. The molecule has 0 radical (unpaired) electrons. The van der Waals surface area contributed by atoms with Crippen molar-refractivity contribution < 1.29 is 15.0 Å². The Hall–Kier alpha value is -4.45. The topological polar surface area (TPSA) is 124 Å². The number of aliphatic hydroxyl groups is 1. The smallest absolute Gasteiger partial charge is 0.333 e. The summed E-state index contributed by atoms with van der Waals surface area (Å²) in [6.45, 7) is 4.13. The number of hydrogen-bond acceptors (Lipinski definition) is 8. The van der Waals surface area contributed by atoms with E-state index in [0.717, 1.165) is 49.4 Å². The summed E-state index contributed by atoms with van der Waals surface area (Å²) in [6.07, 6.45) is 7.17. The van der Waals surface area contributed by atoms with E-state index in [-0.39, 0.29) is 0 Å². The molecule has 7 rings (SSSR count). The van der Waals surface area contributed by atoms with Gasteiger partial charge in [-0.25, -0.2) is 9.31 Å². The van der Waals surface area contributed by atoms with Crippen LogP contribution in [0.2, 0.25) is 5.02 Å². The highest BCUT2D eigenvalue weighted by atomic mass is 35.5. The van der Waals surface area contributed by atoms with E-state index < -0.39 is 17.5 Å². The van der Waals surface area contributed by atoms with Crippen molar-refractivity contribution >= 4 is 40.5 Å². The monoisotopic (exact) mass is 640 g/mol. The van der Waals surface area contributed by atoms with Crippen LogP contribution in [0.4, 0.5) is 17.3 Å². The molecule has 2 fully saturated rings. The van der Waals surface area contributed by atoms with E-state index in [2.05, 4.69) is 60.3 Å². The second kappa shape index (κ2) is 12.7. The second-order valence-electron chi connectivity index (χ2n) is 12.3. The minimum Gasteiger partial charge on any atom is -0.479 e. The molecule has 46 heavy (non-hydrogen) atoms. The zero-order valence-corrected chi connectivity index (χ0v) is 26.2. The first-order valence-corrected chi connectivity index (χ1v) is 16.1. The number of likely N-dealkylation sites (tertiary alicyclic amines) is 1. The van der Waals surface area contributed by atoms with Gasteiger partial charge in [0, 0.05) is 55.6 Å². The minimum absolute atomic E-state index is 0.349. The molecule has 0 aliphatic carbocycles. The SMILES string of the molecule is O=C(O)C(O)C1(c2ccc(Cl)cc2)CCN(c2cccn3nc(Nc4cnn(C5CCN(Cc6ccccc6)CC5)c4)nc23)CC1. The lowest BCUT2D eigenvalue weighted by Crippen LogP contribution is -2.52. The fraction of sp³-hybridized carbons (Fsp3) is 0.353. The van der Waals surface area contributed by atoms with Crippen molar-refractivity contribution in [2.45, 2.75) is 49.8 Å². The number of nitrogens with one attached hydrogen (secondary N) is 1. The molecule has 3 aromatic heterocycles. The number of carboxylic acid groups (broad SMARTS) is 1. The molecule has 2 aliphatic rings. The van der Waals surface area contributed by atoms with E-state index in [4.69, 9.17) is 16.6 Å². The molecule has 0 spiro atoms. The Labute approximate surface area is 272 Å². The van der Waals surface area contributed by atoms with Crippen molar-refractivity contribution in [3.63, 3.8) is 0 Å². The van der Waals surface area contributed by atoms with Crippen molar-refractivity contribution in [3.8, 4) is 0 Å². The van der Waals surface area contributed by atoms with Gasteiger partial charge in [-0.05, 0) is 61.1 Å². The number of rotatable bonds is 9. The third-order valence-corrected chi connectivity index (χ3v) is 9.80. The molecule has 12 heteroatoms. The largest absolute Gasteiger partial charge is 0.479 e. The summed E-state index contributed by atoms with van der Waals surface area (Å²) in [6, 6.07) is 22.0. The van der Waals surface area contributed by atoms with Crippen LogP contribution in [0.15, 0.2) is 85.3 Å². The van der Waals surface area contributed by atoms with E-state index in [9.17, 15) is 15.0 Å². The number of halogens is 1. The number of hydrogen-bond donors (Lipinski definition) is 3. The molecule has 2 aromatic carbocycles. The lowest BCUT2D eigenvalue weighted by molar-refractivity contribution is -0.151. The van der Waals surface area contributed by atoms with Gasteiger partial charge in [-0.1, -0.05) is 54.1 Å². The van der Waals surface area contributed by atoms with Gasteiger partial charge in [-0.2, -0.15) is 10.1 Å². The lowest BCUT2D eigenvalue weighted by Gasteiger charge is -2.44. The first-order chi connectivity index (χ1) is 22.4. The van der Waals surface area contributed by atoms with Crippen molar-refractivity contribution in [1.82, 2.24) is 29.3 Å². The van der Waals surface area contributed by atoms with Crippen molar-refractivity contribution in [2.75, 3.05) is 36.4 Å². The van der Waals surface area contributed by atoms with Gasteiger partial charge in [0.2, 0.25) is 5.95 Å². The third kappa shape index (κ3) is 6.05. The normalized spacial score (nSPS) is 18.1. The fourth-order valence-corrected chi connectivity index (χ4v) is 7.12. The van der Waals surface area contributed by atoms with Gasteiger partial charge >= 0.3 is 5.97 Å². The van der Waals surface area contributed by atoms with E-state index in [1.54, 1.807) is 16.6 Å². The number of piperidine rings is 2. The quantitative estimate of drug-likeness (QED) is 0.201. The van der Waals surface area contributed by atoms with Gasteiger partial charge in [0.05, 0.1) is 23.6 Å². The van der Waals surface area contributed by atoms with Crippen LogP contribution in [0.5, 0.6) is 0 Å². The van der Waals surface area contributed by atoms with E-state index >= 15 is 0 Å². The molecule has 0 bridgehead atoms. The minimum atomic E-state index is -1.53. The number of carboxylic acids is 1. The maximum atomic E-state index is 12.0. The molecule has 11 nitrogen and oxygen atoms in total. The Morgan fingerprint density at radius 3 is 2.46 bits per heavy atom. The molecular formula is C34H37ClN8O3. The predicted octanol–water partition coefficient (Wildman–Crippen LogP) is 5.14. The molecule has 0 amide bonds. The van der Waals surface area contributed by atoms with Crippen LogP contribution in [0.25, 0.3) is 5.65 Å². The van der Waals surface area contributed by atoms with Crippen LogP contribution >= 0.6 is 11.6 Å². The summed E-state index contributed by atoms with van der Waals surface area (Å²) in [5.41, 5.74) is 3.63.